The van der Waals surface area contributed by atoms with Gasteiger partial charge in [0.1, 0.15) is 24.6 Å². The average Bonchev–Trinajstić information content (AvgIpc) is 3.33. The van der Waals surface area contributed by atoms with Crippen molar-refractivity contribution >= 4 is 17.0 Å². The van der Waals surface area contributed by atoms with Crippen molar-refractivity contribution in [2.24, 2.45) is 0 Å². The summed E-state index contributed by atoms with van der Waals surface area (Å²) in [6.45, 7) is 5.07. The van der Waals surface area contributed by atoms with Gasteiger partial charge in [0.25, 0.3) is 0 Å². The zero-order chi connectivity index (χ0) is 19.3. The molecule has 3 saturated heterocycles. The maximum absolute atomic E-state index is 9.71. The molecule has 5 rings (SSSR count). The molecule has 0 aromatic carbocycles. The number of aromatic nitrogens is 4. The second kappa shape index (κ2) is 6.89. The molecular formula is C18H25N5O5. The smallest absolute Gasteiger partial charge is 0.167 e. The van der Waals surface area contributed by atoms with Crippen LogP contribution in [0, 0.1) is 0 Å². The predicted molar refractivity (Wildman–Crippen MR) is 97.6 cm³/mol. The fourth-order valence-corrected chi connectivity index (χ4v) is 4.21. The lowest BCUT2D eigenvalue weighted by Gasteiger charge is -2.24. The van der Waals surface area contributed by atoms with Gasteiger partial charge in [-0.15, -0.1) is 0 Å². The molecule has 152 valence electrons. The SMILES string of the molecule is CC1(C)O[C@@H]2[C@H](O1)[C@@H](CO)O[C@H]2n1cnc2c(NC3CCOCC3)ncnc21. The number of aliphatic hydroxyl groups excluding tert-OH is 1. The summed E-state index contributed by atoms with van der Waals surface area (Å²) in [5.41, 5.74) is 1.33. The summed E-state index contributed by atoms with van der Waals surface area (Å²) < 4.78 is 25.3. The highest BCUT2D eigenvalue weighted by molar-refractivity contribution is 5.82. The number of nitrogens with zero attached hydrogens (tertiary/aromatic N) is 4. The van der Waals surface area contributed by atoms with Gasteiger partial charge in [0, 0.05) is 19.3 Å². The fraction of sp³-hybridized carbons (Fsp3) is 0.722. The molecule has 0 spiro atoms. The summed E-state index contributed by atoms with van der Waals surface area (Å²) in [6.07, 6.45) is 3.42. The van der Waals surface area contributed by atoms with Crippen LogP contribution in [-0.2, 0) is 18.9 Å². The third kappa shape index (κ3) is 3.05. The van der Waals surface area contributed by atoms with E-state index in [-0.39, 0.29) is 18.8 Å². The molecule has 2 N–H and O–H groups in total. The van der Waals surface area contributed by atoms with Gasteiger partial charge in [-0.1, -0.05) is 0 Å². The Morgan fingerprint density at radius 1 is 1.18 bits per heavy atom. The highest BCUT2D eigenvalue weighted by atomic mass is 16.8. The van der Waals surface area contributed by atoms with Crippen LogP contribution in [0.15, 0.2) is 12.7 Å². The molecule has 0 unspecified atom stereocenters. The molecule has 4 atom stereocenters. The molecular weight excluding hydrogens is 366 g/mol. The second-order valence-corrected chi connectivity index (χ2v) is 7.89. The van der Waals surface area contributed by atoms with Crippen molar-refractivity contribution in [2.75, 3.05) is 25.1 Å². The number of hydrogen-bond acceptors (Lipinski definition) is 9. The molecule has 3 aliphatic rings. The van der Waals surface area contributed by atoms with E-state index in [9.17, 15) is 5.11 Å². The van der Waals surface area contributed by atoms with Crippen LogP contribution in [-0.4, -0.2) is 74.6 Å². The van der Waals surface area contributed by atoms with Crippen LogP contribution < -0.4 is 5.32 Å². The van der Waals surface area contributed by atoms with Gasteiger partial charge >= 0.3 is 0 Å². The zero-order valence-electron chi connectivity index (χ0n) is 15.9. The van der Waals surface area contributed by atoms with Gasteiger partial charge in [0.2, 0.25) is 0 Å². The summed E-state index contributed by atoms with van der Waals surface area (Å²) in [5, 5.41) is 13.2. The summed E-state index contributed by atoms with van der Waals surface area (Å²) in [6, 6.07) is 0.301. The van der Waals surface area contributed by atoms with Gasteiger partial charge in [-0.3, -0.25) is 4.57 Å². The van der Waals surface area contributed by atoms with Crippen molar-refractivity contribution in [3.63, 3.8) is 0 Å². The molecule has 10 nitrogen and oxygen atoms in total. The van der Waals surface area contributed by atoms with E-state index in [2.05, 4.69) is 20.3 Å². The molecule has 0 aliphatic carbocycles. The maximum Gasteiger partial charge on any atom is 0.167 e. The Balaban J connectivity index is 1.46. The first-order chi connectivity index (χ1) is 13.6. The first-order valence-corrected chi connectivity index (χ1v) is 9.69. The van der Waals surface area contributed by atoms with Crippen LogP contribution in [0.5, 0.6) is 0 Å². The van der Waals surface area contributed by atoms with Crippen molar-refractivity contribution in [3.8, 4) is 0 Å². The van der Waals surface area contributed by atoms with Crippen LogP contribution in [0.2, 0.25) is 0 Å². The van der Waals surface area contributed by atoms with E-state index in [1.807, 2.05) is 18.4 Å². The molecule has 5 heterocycles. The summed E-state index contributed by atoms with van der Waals surface area (Å²) in [4.78, 5) is 13.3. The number of rotatable bonds is 4. The molecule has 0 amide bonds. The van der Waals surface area contributed by atoms with Crippen molar-refractivity contribution < 1.29 is 24.1 Å². The van der Waals surface area contributed by atoms with Gasteiger partial charge in [-0.05, 0) is 26.7 Å². The molecule has 10 heteroatoms. The van der Waals surface area contributed by atoms with Crippen molar-refractivity contribution in [3.05, 3.63) is 12.7 Å². The molecule has 2 aromatic rings. The van der Waals surface area contributed by atoms with Crippen molar-refractivity contribution in [1.82, 2.24) is 19.5 Å². The van der Waals surface area contributed by atoms with Gasteiger partial charge in [-0.2, -0.15) is 0 Å². The molecule has 0 saturated carbocycles. The van der Waals surface area contributed by atoms with E-state index in [4.69, 9.17) is 18.9 Å². The van der Waals surface area contributed by atoms with E-state index in [1.165, 1.54) is 6.33 Å². The van der Waals surface area contributed by atoms with Crippen LogP contribution in [0.25, 0.3) is 11.2 Å². The third-order valence-electron chi connectivity index (χ3n) is 5.50. The number of anilines is 1. The van der Waals surface area contributed by atoms with Gasteiger partial charge in [0.15, 0.2) is 29.0 Å². The van der Waals surface area contributed by atoms with E-state index < -0.39 is 18.1 Å². The van der Waals surface area contributed by atoms with Crippen LogP contribution in [0.4, 0.5) is 5.82 Å². The van der Waals surface area contributed by atoms with E-state index in [1.54, 1.807) is 6.33 Å². The lowest BCUT2D eigenvalue weighted by Crippen LogP contribution is -2.31. The average molecular weight is 391 g/mol. The number of ether oxygens (including phenoxy) is 4. The highest BCUT2D eigenvalue weighted by Gasteiger charge is 2.56. The summed E-state index contributed by atoms with van der Waals surface area (Å²) in [5.74, 6) is -0.0285. The van der Waals surface area contributed by atoms with Crippen LogP contribution >= 0.6 is 0 Å². The Kier molecular flexibility index (Phi) is 4.48. The lowest BCUT2D eigenvalue weighted by atomic mass is 10.1. The number of aliphatic hydroxyl groups is 1. The van der Waals surface area contributed by atoms with Gasteiger partial charge < -0.3 is 29.4 Å². The summed E-state index contributed by atoms with van der Waals surface area (Å²) in [7, 11) is 0. The Morgan fingerprint density at radius 3 is 2.75 bits per heavy atom. The Hall–Kier alpha value is -1.85. The minimum absolute atomic E-state index is 0.144. The number of fused-ring (bicyclic) bond motifs is 2. The normalized spacial score (nSPS) is 32.7. The largest absolute Gasteiger partial charge is 0.394 e. The van der Waals surface area contributed by atoms with Gasteiger partial charge in [-0.25, -0.2) is 15.0 Å². The molecule has 2 aromatic heterocycles. The van der Waals surface area contributed by atoms with Gasteiger partial charge in [0.05, 0.1) is 12.9 Å². The van der Waals surface area contributed by atoms with Crippen LogP contribution in [0.1, 0.15) is 32.9 Å². The first kappa shape index (κ1) is 18.2. The van der Waals surface area contributed by atoms with E-state index in [0.717, 1.165) is 26.1 Å². The minimum Gasteiger partial charge on any atom is -0.394 e. The summed E-state index contributed by atoms with van der Waals surface area (Å²) >= 11 is 0. The Bertz CT molecular complexity index is 852. The number of imidazole rings is 1. The minimum atomic E-state index is -0.730. The topological polar surface area (TPSA) is 113 Å². The second-order valence-electron chi connectivity index (χ2n) is 7.89. The zero-order valence-corrected chi connectivity index (χ0v) is 15.9. The van der Waals surface area contributed by atoms with E-state index in [0.29, 0.717) is 23.0 Å². The molecule has 28 heavy (non-hydrogen) atoms. The fourth-order valence-electron chi connectivity index (χ4n) is 4.21. The highest BCUT2D eigenvalue weighted by Crippen LogP contribution is 2.43. The van der Waals surface area contributed by atoms with Crippen LogP contribution in [0.3, 0.4) is 0 Å². The van der Waals surface area contributed by atoms with E-state index >= 15 is 0 Å². The van der Waals surface area contributed by atoms with Crippen molar-refractivity contribution in [1.29, 1.82) is 0 Å². The Labute approximate surface area is 162 Å². The quantitative estimate of drug-likeness (QED) is 0.782. The lowest BCUT2D eigenvalue weighted by molar-refractivity contribution is -0.199. The standard InChI is InChI=1S/C18H25N5O5/c1-18(2)27-13-11(7-24)26-17(14(13)28-18)23-9-21-12-15(19-8-20-16(12)23)22-10-3-5-25-6-4-10/h8-11,13-14,17,24H,3-7H2,1-2H3,(H,19,20,22)/t11-,13-,14-,17-/m1/s1. The monoisotopic (exact) mass is 391 g/mol. The molecule has 3 aliphatic heterocycles. The molecule has 0 radical (unpaired) electrons. The number of hydrogen-bond donors (Lipinski definition) is 2. The van der Waals surface area contributed by atoms with Crippen molar-refractivity contribution in [2.45, 2.75) is 63.1 Å². The predicted octanol–water partition coefficient (Wildman–Crippen LogP) is 0.827. The number of nitrogens with one attached hydrogen (secondary N) is 1. The molecule has 3 fully saturated rings. The third-order valence-corrected chi connectivity index (χ3v) is 5.50. The maximum atomic E-state index is 9.71. The Morgan fingerprint density at radius 2 is 1.96 bits per heavy atom. The first-order valence-electron chi connectivity index (χ1n) is 9.69. The molecule has 0 bridgehead atoms.